The molecule has 12 heteroatoms. The Morgan fingerprint density at radius 3 is 2.46 bits per heavy atom. The van der Waals surface area contributed by atoms with Crippen molar-refractivity contribution >= 4 is 32.8 Å². The maximum atomic E-state index is 13.5. The molecule has 4 rings (SSSR count). The van der Waals surface area contributed by atoms with Gasteiger partial charge in [0.05, 0.1) is 23.7 Å². The number of allylic oxidation sites excluding steroid dienone is 4. The predicted molar refractivity (Wildman–Crippen MR) is 140 cm³/mol. The van der Waals surface area contributed by atoms with E-state index in [4.69, 9.17) is 17.0 Å². The van der Waals surface area contributed by atoms with Crippen molar-refractivity contribution < 1.29 is 31.4 Å². The average molecular weight is 560 g/mol. The number of sulfonamides is 1. The second-order valence-electron chi connectivity index (χ2n) is 9.85. The van der Waals surface area contributed by atoms with Gasteiger partial charge in [0.15, 0.2) is 5.60 Å². The fourth-order valence-corrected chi connectivity index (χ4v) is 7.00. The standard InChI is InChI=1S/C25H32F3N3O4S2/c1-18-15-29(13-14-35-18)16-21-17-30(37(33,34)23-6-4-3-5-22(23)36)11-12-31(21)20-9-7-19(8-10-20)24(2,32)25(26,27)28/h3-4,6-10,18,21,32H,5,11-17H2,1-2H3/t18-,21+,24+/m1/s1. The molecule has 0 aromatic heterocycles. The molecule has 0 amide bonds. The highest BCUT2D eigenvalue weighted by Gasteiger charge is 2.51. The number of halogens is 3. The molecule has 1 aromatic carbocycles. The number of hydrogen-bond donors (Lipinski definition) is 1. The molecule has 204 valence electrons. The molecule has 2 saturated heterocycles. The first-order chi connectivity index (χ1) is 17.3. The van der Waals surface area contributed by atoms with Crippen LogP contribution in [0.1, 0.15) is 25.8 Å². The van der Waals surface area contributed by atoms with Crippen molar-refractivity contribution in [3.8, 4) is 0 Å². The lowest BCUT2D eigenvalue weighted by Gasteiger charge is -2.45. The lowest BCUT2D eigenvalue weighted by Crippen LogP contribution is -2.59. The number of ether oxygens (including phenoxy) is 1. The molecule has 7 nitrogen and oxygen atoms in total. The number of nitrogens with zero attached hydrogens (tertiary/aromatic N) is 3. The molecule has 2 aliphatic heterocycles. The smallest absolute Gasteiger partial charge is 0.376 e. The van der Waals surface area contributed by atoms with E-state index in [1.54, 1.807) is 18.2 Å². The Bertz CT molecular complexity index is 1170. The number of morpholine rings is 1. The zero-order valence-electron chi connectivity index (χ0n) is 20.8. The summed E-state index contributed by atoms with van der Waals surface area (Å²) in [6.07, 6.45) is 0.699. The van der Waals surface area contributed by atoms with Crippen molar-refractivity contribution in [2.24, 2.45) is 0 Å². The van der Waals surface area contributed by atoms with E-state index in [1.807, 2.05) is 17.9 Å². The largest absolute Gasteiger partial charge is 0.421 e. The van der Waals surface area contributed by atoms with Gasteiger partial charge in [-0.05, 0) is 37.6 Å². The van der Waals surface area contributed by atoms with Crippen LogP contribution in [0.15, 0.2) is 47.4 Å². The molecule has 0 unspecified atom stereocenters. The van der Waals surface area contributed by atoms with Crippen LogP contribution in [0.25, 0.3) is 0 Å². The monoisotopic (exact) mass is 559 g/mol. The molecule has 0 bridgehead atoms. The third kappa shape index (κ3) is 5.94. The third-order valence-corrected chi connectivity index (χ3v) is 9.60. The number of hydrogen-bond acceptors (Lipinski definition) is 7. The highest BCUT2D eigenvalue weighted by molar-refractivity contribution is 7.96. The third-order valence-electron chi connectivity index (χ3n) is 7.13. The van der Waals surface area contributed by atoms with Crippen LogP contribution < -0.4 is 4.90 Å². The van der Waals surface area contributed by atoms with Gasteiger partial charge in [0.2, 0.25) is 10.0 Å². The minimum Gasteiger partial charge on any atom is -0.376 e. The summed E-state index contributed by atoms with van der Waals surface area (Å²) in [7, 11) is -3.79. The minimum atomic E-state index is -4.81. The molecule has 1 aromatic rings. The number of thiocarbonyl (C=S) groups is 1. The number of aliphatic hydroxyl groups is 1. The lowest BCUT2D eigenvalue weighted by molar-refractivity contribution is -0.258. The van der Waals surface area contributed by atoms with Crippen molar-refractivity contribution in [2.45, 2.75) is 44.2 Å². The Kier molecular flexibility index (Phi) is 8.18. The summed E-state index contributed by atoms with van der Waals surface area (Å²) in [6.45, 7) is 6.03. The van der Waals surface area contributed by atoms with Gasteiger partial charge >= 0.3 is 6.18 Å². The van der Waals surface area contributed by atoms with Crippen LogP contribution in [0, 0.1) is 0 Å². The first-order valence-electron chi connectivity index (χ1n) is 12.2. The highest BCUT2D eigenvalue weighted by Crippen LogP contribution is 2.39. The molecule has 3 atom stereocenters. The average Bonchev–Trinajstić information content (AvgIpc) is 2.83. The van der Waals surface area contributed by atoms with Crippen molar-refractivity contribution in [3.05, 3.63) is 53.0 Å². The quantitative estimate of drug-likeness (QED) is 0.537. The molecule has 0 saturated carbocycles. The van der Waals surface area contributed by atoms with Crippen molar-refractivity contribution in [1.29, 1.82) is 0 Å². The van der Waals surface area contributed by atoms with E-state index >= 15 is 0 Å². The van der Waals surface area contributed by atoms with Crippen molar-refractivity contribution in [3.63, 3.8) is 0 Å². The Labute approximate surface area is 221 Å². The van der Waals surface area contributed by atoms with Gasteiger partial charge in [0.25, 0.3) is 0 Å². The van der Waals surface area contributed by atoms with E-state index in [1.165, 1.54) is 22.5 Å². The van der Waals surface area contributed by atoms with E-state index in [9.17, 15) is 26.7 Å². The summed E-state index contributed by atoms with van der Waals surface area (Å²) in [5.41, 5.74) is -2.56. The maximum Gasteiger partial charge on any atom is 0.421 e. The van der Waals surface area contributed by atoms with E-state index in [0.717, 1.165) is 6.92 Å². The van der Waals surface area contributed by atoms with Crippen LogP contribution in [0.3, 0.4) is 0 Å². The van der Waals surface area contributed by atoms with E-state index in [2.05, 4.69) is 4.90 Å². The van der Waals surface area contributed by atoms with Crippen LogP contribution in [0.4, 0.5) is 18.9 Å². The summed E-state index contributed by atoms with van der Waals surface area (Å²) in [4.78, 5) is 4.79. The molecule has 0 radical (unpaired) electrons. The summed E-state index contributed by atoms with van der Waals surface area (Å²) in [5.74, 6) is 0. The first kappa shape index (κ1) is 28.2. The van der Waals surface area contributed by atoms with Gasteiger partial charge in [-0.15, -0.1) is 0 Å². The van der Waals surface area contributed by atoms with Crippen LogP contribution in [-0.2, 0) is 20.4 Å². The second kappa shape index (κ2) is 10.7. The number of anilines is 1. The molecule has 1 aliphatic carbocycles. The van der Waals surface area contributed by atoms with Gasteiger partial charge in [-0.3, -0.25) is 4.90 Å². The zero-order valence-corrected chi connectivity index (χ0v) is 22.4. The zero-order chi connectivity index (χ0) is 27.0. The number of benzene rings is 1. The van der Waals surface area contributed by atoms with Crippen LogP contribution >= 0.6 is 12.2 Å². The Balaban J connectivity index is 1.60. The van der Waals surface area contributed by atoms with Crippen LogP contribution in [0.5, 0.6) is 0 Å². The van der Waals surface area contributed by atoms with E-state index in [-0.39, 0.29) is 35.7 Å². The molecule has 37 heavy (non-hydrogen) atoms. The SMILES string of the molecule is C[C@@H]1CN(C[C@H]2CN(S(=O)(=O)C3=CC=CCC3=S)CCN2c2ccc([C@](C)(O)C(F)(F)F)cc2)CCO1. The Morgan fingerprint density at radius 2 is 1.84 bits per heavy atom. The van der Waals surface area contributed by atoms with Crippen molar-refractivity contribution in [2.75, 3.05) is 50.8 Å². The fraction of sp³-hybridized carbons (Fsp3) is 0.560. The van der Waals surface area contributed by atoms with Gasteiger partial charge < -0.3 is 14.7 Å². The first-order valence-corrected chi connectivity index (χ1v) is 14.1. The molecule has 2 fully saturated rings. The lowest BCUT2D eigenvalue weighted by atomic mass is 9.95. The number of alkyl halides is 3. The summed E-state index contributed by atoms with van der Waals surface area (Å²) in [5, 5.41) is 10.0. The number of rotatable bonds is 6. The van der Waals surface area contributed by atoms with Gasteiger partial charge in [-0.1, -0.05) is 36.5 Å². The number of piperazine rings is 1. The molecule has 2 heterocycles. The predicted octanol–water partition coefficient (Wildman–Crippen LogP) is 3.21. The summed E-state index contributed by atoms with van der Waals surface area (Å²) < 4.78 is 74.0. The molecule has 0 spiro atoms. The minimum absolute atomic E-state index is 0.0473. The van der Waals surface area contributed by atoms with Gasteiger partial charge in [0, 0.05) is 56.2 Å². The van der Waals surface area contributed by atoms with Crippen LogP contribution in [-0.4, -0.2) is 91.8 Å². The Hall–Kier alpha value is -1.83. The molecule has 3 aliphatic rings. The van der Waals surface area contributed by atoms with Gasteiger partial charge in [-0.25, -0.2) is 8.42 Å². The molecule has 1 N–H and O–H groups in total. The van der Waals surface area contributed by atoms with Gasteiger partial charge in [-0.2, -0.15) is 17.5 Å². The second-order valence-corrected chi connectivity index (χ2v) is 12.3. The van der Waals surface area contributed by atoms with Gasteiger partial charge in [0.1, 0.15) is 0 Å². The molecular formula is C25H32F3N3O4S2. The van der Waals surface area contributed by atoms with E-state index in [0.29, 0.717) is 49.8 Å². The van der Waals surface area contributed by atoms with E-state index < -0.39 is 21.8 Å². The Morgan fingerprint density at radius 1 is 1.14 bits per heavy atom. The summed E-state index contributed by atoms with van der Waals surface area (Å²) in [6, 6.07) is 5.40. The molecular weight excluding hydrogens is 527 g/mol. The summed E-state index contributed by atoms with van der Waals surface area (Å²) >= 11 is 5.33. The van der Waals surface area contributed by atoms with Crippen molar-refractivity contribution in [1.82, 2.24) is 9.21 Å². The topological polar surface area (TPSA) is 73.3 Å². The normalized spacial score (nSPS) is 26.2. The maximum absolute atomic E-state index is 13.5. The highest BCUT2D eigenvalue weighted by atomic mass is 32.2. The van der Waals surface area contributed by atoms with Crippen LogP contribution in [0.2, 0.25) is 0 Å². The fourth-order valence-electron chi connectivity index (χ4n) is 4.93.